The van der Waals surface area contributed by atoms with Crippen LogP contribution < -0.4 is 10.2 Å². The molecule has 0 radical (unpaired) electrons. The van der Waals surface area contributed by atoms with Crippen molar-refractivity contribution in [2.24, 2.45) is 11.0 Å². The maximum absolute atomic E-state index is 11.8. The summed E-state index contributed by atoms with van der Waals surface area (Å²) in [5.74, 6) is 1.20. The number of carbonyl (C=O) groups is 1. The molecule has 1 heterocycles. The first-order valence-electron chi connectivity index (χ1n) is 7.61. The fourth-order valence-electron chi connectivity index (χ4n) is 1.80. The SMILES string of the molecule is CC(C)CCOc1ccc(/C=N/NC(=O)c2ccncc2)cc1. The summed E-state index contributed by atoms with van der Waals surface area (Å²) in [6.45, 7) is 5.05. The number of ether oxygens (including phenoxy) is 1. The molecule has 0 spiro atoms. The summed E-state index contributed by atoms with van der Waals surface area (Å²) in [5.41, 5.74) is 3.89. The number of hydrogen-bond acceptors (Lipinski definition) is 4. The predicted octanol–water partition coefficient (Wildman–Crippen LogP) is 3.27. The Morgan fingerprint density at radius 1 is 1.22 bits per heavy atom. The molecule has 0 aliphatic heterocycles. The molecule has 0 saturated carbocycles. The average molecular weight is 311 g/mol. The van der Waals surface area contributed by atoms with Crippen molar-refractivity contribution in [1.29, 1.82) is 0 Å². The fourth-order valence-corrected chi connectivity index (χ4v) is 1.80. The number of pyridine rings is 1. The molecule has 5 nitrogen and oxygen atoms in total. The maximum atomic E-state index is 11.8. The van der Waals surface area contributed by atoms with Crippen molar-refractivity contribution in [3.8, 4) is 5.75 Å². The number of nitrogens with zero attached hydrogens (tertiary/aromatic N) is 2. The fraction of sp³-hybridized carbons (Fsp3) is 0.278. The molecule has 120 valence electrons. The van der Waals surface area contributed by atoms with Crippen molar-refractivity contribution >= 4 is 12.1 Å². The molecule has 0 unspecified atom stereocenters. The van der Waals surface area contributed by atoms with E-state index in [1.54, 1.807) is 30.7 Å². The molecule has 0 saturated heterocycles. The minimum absolute atomic E-state index is 0.266. The number of aromatic nitrogens is 1. The largest absolute Gasteiger partial charge is 0.494 e. The van der Waals surface area contributed by atoms with Crippen LogP contribution in [0.2, 0.25) is 0 Å². The van der Waals surface area contributed by atoms with Gasteiger partial charge >= 0.3 is 0 Å². The second-order valence-corrected chi connectivity index (χ2v) is 5.54. The van der Waals surface area contributed by atoms with Crippen molar-refractivity contribution in [2.75, 3.05) is 6.61 Å². The summed E-state index contributed by atoms with van der Waals surface area (Å²) in [6.07, 6.45) is 5.76. The van der Waals surface area contributed by atoms with E-state index in [1.807, 2.05) is 24.3 Å². The highest BCUT2D eigenvalue weighted by molar-refractivity contribution is 5.94. The van der Waals surface area contributed by atoms with Crippen molar-refractivity contribution in [2.45, 2.75) is 20.3 Å². The van der Waals surface area contributed by atoms with Crippen molar-refractivity contribution in [3.05, 3.63) is 59.9 Å². The smallest absolute Gasteiger partial charge is 0.271 e. The lowest BCUT2D eigenvalue weighted by Gasteiger charge is -2.07. The van der Waals surface area contributed by atoms with E-state index in [0.29, 0.717) is 18.1 Å². The lowest BCUT2D eigenvalue weighted by atomic mass is 10.1. The van der Waals surface area contributed by atoms with Gasteiger partial charge in [0.2, 0.25) is 0 Å². The van der Waals surface area contributed by atoms with E-state index < -0.39 is 0 Å². The van der Waals surface area contributed by atoms with Crippen LogP contribution in [0.15, 0.2) is 53.9 Å². The van der Waals surface area contributed by atoms with Gasteiger partial charge in [0, 0.05) is 18.0 Å². The van der Waals surface area contributed by atoms with E-state index in [0.717, 1.165) is 17.7 Å². The third kappa shape index (κ3) is 5.90. The van der Waals surface area contributed by atoms with Crippen LogP contribution in [-0.2, 0) is 0 Å². The molecular formula is C18H21N3O2. The summed E-state index contributed by atoms with van der Waals surface area (Å²) in [4.78, 5) is 15.7. The zero-order chi connectivity index (χ0) is 16.5. The van der Waals surface area contributed by atoms with Crippen LogP contribution in [0.5, 0.6) is 5.75 Å². The van der Waals surface area contributed by atoms with E-state index >= 15 is 0 Å². The summed E-state index contributed by atoms with van der Waals surface area (Å²) >= 11 is 0. The van der Waals surface area contributed by atoms with Crippen LogP contribution in [0.1, 0.15) is 36.2 Å². The average Bonchev–Trinajstić information content (AvgIpc) is 2.57. The predicted molar refractivity (Wildman–Crippen MR) is 90.7 cm³/mol. The van der Waals surface area contributed by atoms with E-state index in [-0.39, 0.29) is 5.91 Å². The second kappa shape index (κ2) is 8.68. The third-order valence-corrected chi connectivity index (χ3v) is 3.17. The molecule has 0 aliphatic carbocycles. The van der Waals surface area contributed by atoms with E-state index in [4.69, 9.17) is 4.74 Å². The Morgan fingerprint density at radius 3 is 2.57 bits per heavy atom. The summed E-state index contributed by atoms with van der Waals surface area (Å²) in [7, 11) is 0. The van der Waals surface area contributed by atoms with Crippen molar-refractivity contribution < 1.29 is 9.53 Å². The van der Waals surface area contributed by atoms with E-state index in [9.17, 15) is 4.79 Å². The highest BCUT2D eigenvalue weighted by Gasteiger charge is 2.02. The van der Waals surface area contributed by atoms with E-state index in [2.05, 4.69) is 29.4 Å². The zero-order valence-electron chi connectivity index (χ0n) is 13.4. The lowest BCUT2D eigenvalue weighted by molar-refractivity contribution is 0.0955. The molecule has 2 rings (SSSR count). The molecular weight excluding hydrogens is 290 g/mol. The Labute approximate surface area is 136 Å². The van der Waals surface area contributed by atoms with Gasteiger partial charge in [0.05, 0.1) is 12.8 Å². The Bertz CT molecular complexity index is 637. The number of hydrazone groups is 1. The first kappa shape index (κ1) is 16.7. The van der Waals surface area contributed by atoms with Gasteiger partial charge in [-0.25, -0.2) is 5.43 Å². The van der Waals surface area contributed by atoms with Crippen LogP contribution in [0.4, 0.5) is 0 Å². The van der Waals surface area contributed by atoms with Gasteiger partial charge in [-0.3, -0.25) is 9.78 Å². The number of nitrogens with one attached hydrogen (secondary N) is 1. The molecule has 1 N–H and O–H groups in total. The monoisotopic (exact) mass is 311 g/mol. The van der Waals surface area contributed by atoms with Crippen LogP contribution in [0.25, 0.3) is 0 Å². The quantitative estimate of drug-likeness (QED) is 0.630. The topological polar surface area (TPSA) is 63.6 Å². The first-order chi connectivity index (χ1) is 11.1. The van der Waals surface area contributed by atoms with Crippen LogP contribution in [0, 0.1) is 5.92 Å². The van der Waals surface area contributed by atoms with Gasteiger partial charge < -0.3 is 4.74 Å². The molecule has 1 aromatic heterocycles. The van der Waals surface area contributed by atoms with Crippen LogP contribution in [-0.4, -0.2) is 23.7 Å². The van der Waals surface area contributed by atoms with Gasteiger partial charge in [0.15, 0.2) is 0 Å². The molecule has 23 heavy (non-hydrogen) atoms. The molecule has 0 bridgehead atoms. The standard InChI is InChI=1S/C18H21N3O2/c1-14(2)9-12-23-17-5-3-15(4-6-17)13-20-21-18(22)16-7-10-19-11-8-16/h3-8,10-11,13-14H,9,12H2,1-2H3,(H,21,22)/b20-13+. The van der Waals surface area contributed by atoms with Gasteiger partial charge in [0.1, 0.15) is 5.75 Å². The third-order valence-electron chi connectivity index (χ3n) is 3.17. The highest BCUT2D eigenvalue weighted by atomic mass is 16.5. The van der Waals surface area contributed by atoms with Crippen molar-refractivity contribution in [3.63, 3.8) is 0 Å². The normalized spacial score (nSPS) is 10.9. The van der Waals surface area contributed by atoms with Gasteiger partial charge in [-0.1, -0.05) is 13.8 Å². The van der Waals surface area contributed by atoms with Gasteiger partial charge in [-0.05, 0) is 54.3 Å². The number of hydrogen-bond donors (Lipinski definition) is 1. The summed E-state index contributed by atoms with van der Waals surface area (Å²) < 4.78 is 5.65. The number of amides is 1. The number of carbonyl (C=O) groups excluding carboxylic acids is 1. The van der Waals surface area contributed by atoms with Crippen LogP contribution >= 0.6 is 0 Å². The minimum atomic E-state index is -0.266. The second-order valence-electron chi connectivity index (χ2n) is 5.54. The first-order valence-corrected chi connectivity index (χ1v) is 7.61. The molecule has 5 heteroatoms. The van der Waals surface area contributed by atoms with Crippen molar-refractivity contribution in [1.82, 2.24) is 10.4 Å². The van der Waals surface area contributed by atoms with Gasteiger partial charge in [-0.2, -0.15) is 5.10 Å². The van der Waals surface area contributed by atoms with Gasteiger partial charge in [0.25, 0.3) is 5.91 Å². The van der Waals surface area contributed by atoms with E-state index in [1.165, 1.54) is 0 Å². The maximum Gasteiger partial charge on any atom is 0.271 e. The lowest BCUT2D eigenvalue weighted by Crippen LogP contribution is -2.17. The Hall–Kier alpha value is -2.69. The molecule has 0 fully saturated rings. The Kier molecular flexibility index (Phi) is 6.29. The summed E-state index contributed by atoms with van der Waals surface area (Å²) in [5, 5.41) is 3.95. The Morgan fingerprint density at radius 2 is 1.91 bits per heavy atom. The molecule has 0 atom stereocenters. The molecule has 0 aliphatic rings. The van der Waals surface area contributed by atoms with Crippen LogP contribution in [0.3, 0.4) is 0 Å². The Balaban J connectivity index is 1.82. The molecule has 2 aromatic rings. The number of benzene rings is 1. The molecule has 1 aromatic carbocycles. The zero-order valence-corrected chi connectivity index (χ0v) is 13.4. The summed E-state index contributed by atoms with van der Waals surface area (Å²) in [6, 6.07) is 10.8. The highest BCUT2D eigenvalue weighted by Crippen LogP contribution is 2.12. The molecule has 1 amide bonds. The van der Waals surface area contributed by atoms with Gasteiger partial charge in [-0.15, -0.1) is 0 Å². The minimum Gasteiger partial charge on any atom is -0.494 e. The number of rotatable bonds is 7.